The van der Waals surface area contributed by atoms with Crippen LogP contribution < -0.4 is 10.1 Å². The van der Waals surface area contributed by atoms with Crippen molar-refractivity contribution in [2.45, 2.75) is 39.5 Å². The van der Waals surface area contributed by atoms with Crippen molar-refractivity contribution in [1.82, 2.24) is 10.3 Å². The molecule has 0 aliphatic carbocycles. The molecule has 2 rings (SSSR count). The van der Waals surface area contributed by atoms with Crippen molar-refractivity contribution in [3.05, 3.63) is 58.9 Å². The van der Waals surface area contributed by atoms with E-state index < -0.39 is 0 Å². The van der Waals surface area contributed by atoms with E-state index >= 15 is 0 Å². The third kappa shape index (κ3) is 5.37. The minimum atomic E-state index is 0.0630. The smallest absolute Gasteiger partial charge is 0.142 e. The molecule has 0 atom stereocenters. The van der Waals surface area contributed by atoms with Crippen molar-refractivity contribution in [2.75, 3.05) is 0 Å². The second kappa shape index (κ2) is 6.92. The minimum Gasteiger partial charge on any atom is -0.487 e. The van der Waals surface area contributed by atoms with E-state index in [9.17, 15) is 0 Å². The molecule has 2 aromatic rings. The minimum absolute atomic E-state index is 0.0630. The molecule has 0 saturated carbocycles. The van der Waals surface area contributed by atoms with Gasteiger partial charge in [-0.1, -0.05) is 23.7 Å². The summed E-state index contributed by atoms with van der Waals surface area (Å²) in [5.41, 5.74) is 2.20. The Kier molecular flexibility index (Phi) is 5.21. The number of pyridine rings is 1. The molecule has 0 aliphatic heterocycles. The van der Waals surface area contributed by atoms with Gasteiger partial charge < -0.3 is 10.1 Å². The number of nitrogens with zero attached hydrogens (tertiary/aromatic N) is 1. The predicted octanol–water partition coefficient (Wildman–Crippen LogP) is 4.20. The molecule has 0 spiro atoms. The summed E-state index contributed by atoms with van der Waals surface area (Å²) in [5, 5.41) is 4.18. The lowest BCUT2D eigenvalue weighted by Crippen LogP contribution is -2.35. The number of nitrogens with one attached hydrogen (secondary N) is 1. The molecule has 112 valence electrons. The van der Waals surface area contributed by atoms with Crippen molar-refractivity contribution in [3.63, 3.8) is 0 Å². The Morgan fingerprint density at radius 3 is 2.76 bits per heavy atom. The first-order chi connectivity index (χ1) is 9.94. The number of ether oxygens (including phenoxy) is 1. The van der Waals surface area contributed by atoms with Gasteiger partial charge >= 0.3 is 0 Å². The van der Waals surface area contributed by atoms with Gasteiger partial charge in [0.25, 0.3) is 0 Å². The molecule has 1 aromatic carbocycles. The highest BCUT2D eigenvalue weighted by atomic mass is 35.5. The topological polar surface area (TPSA) is 34.2 Å². The van der Waals surface area contributed by atoms with Crippen LogP contribution in [0, 0.1) is 0 Å². The maximum Gasteiger partial charge on any atom is 0.142 e. The third-order valence-electron chi connectivity index (χ3n) is 2.96. The quantitative estimate of drug-likeness (QED) is 0.899. The lowest BCUT2D eigenvalue weighted by Gasteiger charge is -2.21. The Bertz CT molecular complexity index is 593. The molecular formula is C17H21ClN2O. The van der Waals surface area contributed by atoms with Crippen LogP contribution in [0.5, 0.6) is 5.75 Å². The summed E-state index contributed by atoms with van der Waals surface area (Å²) in [6.07, 6.45) is 3.54. The average Bonchev–Trinajstić information content (AvgIpc) is 2.43. The SMILES string of the molecule is CC(C)(C)NCc1ccncc1OCc1cccc(Cl)c1. The van der Waals surface area contributed by atoms with Gasteiger partial charge in [0.2, 0.25) is 0 Å². The van der Waals surface area contributed by atoms with Crippen molar-refractivity contribution < 1.29 is 4.74 Å². The summed E-state index contributed by atoms with van der Waals surface area (Å²) >= 11 is 5.98. The highest BCUT2D eigenvalue weighted by Gasteiger charge is 2.11. The first-order valence-electron chi connectivity index (χ1n) is 6.99. The zero-order chi connectivity index (χ0) is 15.3. The Morgan fingerprint density at radius 2 is 2.05 bits per heavy atom. The van der Waals surface area contributed by atoms with Crippen LogP contribution >= 0.6 is 11.6 Å². The van der Waals surface area contributed by atoms with Gasteiger partial charge in [0.15, 0.2) is 0 Å². The summed E-state index contributed by atoms with van der Waals surface area (Å²) in [6.45, 7) is 7.65. The number of rotatable bonds is 5. The van der Waals surface area contributed by atoms with Gasteiger partial charge in [-0.2, -0.15) is 0 Å². The lowest BCUT2D eigenvalue weighted by atomic mass is 10.1. The molecule has 0 fully saturated rings. The van der Waals surface area contributed by atoms with Gasteiger partial charge in [0.05, 0.1) is 6.20 Å². The number of aromatic nitrogens is 1. The number of halogens is 1. The monoisotopic (exact) mass is 304 g/mol. The van der Waals surface area contributed by atoms with Crippen LogP contribution in [0.4, 0.5) is 0 Å². The molecule has 0 aliphatic rings. The summed E-state index contributed by atoms with van der Waals surface area (Å²) in [5.74, 6) is 0.800. The zero-order valence-electron chi connectivity index (χ0n) is 12.7. The summed E-state index contributed by atoms with van der Waals surface area (Å²) in [4.78, 5) is 4.14. The van der Waals surface area contributed by atoms with Crippen molar-refractivity contribution in [2.24, 2.45) is 0 Å². The molecule has 0 radical (unpaired) electrons. The number of hydrogen-bond donors (Lipinski definition) is 1. The van der Waals surface area contributed by atoms with Gasteiger partial charge in [-0.25, -0.2) is 0 Å². The van der Waals surface area contributed by atoms with Gasteiger partial charge in [0, 0.05) is 28.9 Å². The molecule has 0 amide bonds. The van der Waals surface area contributed by atoms with E-state index in [1.807, 2.05) is 30.3 Å². The van der Waals surface area contributed by atoms with E-state index in [1.54, 1.807) is 12.4 Å². The highest BCUT2D eigenvalue weighted by molar-refractivity contribution is 6.30. The van der Waals surface area contributed by atoms with Crippen molar-refractivity contribution >= 4 is 11.6 Å². The van der Waals surface area contributed by atoms with Crippen LogP contribution in [0.15, 0.2) is 42.7 Å². The predicted molar refractivity (Wildman–Crippen MR) is 86.6 cm³/mol. The second-order valence-corrected chi connectivity index (χ2v) is 6.44. The molecule has 3 nitrogen and oxygen atoms in total. The fourth-order valence-electron chi connectivity index (χ4n) is 1.83. The normalized spacial score (nSPS) is 11.4. The standard InChI is InChI=1S/C17H21ClN2O/c1-17(2,3)20-10-14-7-8-19-11-16(14)21-12-13-5-4-6-15(18)9-13/h4-9,11,20H,10,12H2,1-3H3. The highest BCUT2D eigenvalue weighted by Crippen LogP contribution is 2.19. The summed E-state index contributed by atoms with van der Waals surface area (Å²) in [7, 11) is 0. The van der Waals surface area contributed by atoms with Crippen molar-refractivity contribution in [3.8, 4) is 5.75 Å². The molecule has 21 heavy (non-hydrogen) atoms. The summed E-state index contributed by atoms with van der Waals surface area (Å²) < 4.78 is 5.88. The Balaban J connectivity index is 2.03. The maximum absolute atomic E-state index is 5.98. The van der Waals surface area contributed by atoms with Crippen LogP contribution in [-0.2, 0) is 13.2 Å². The molecular weight excluding hydrogens is 284 g/mol. The lowest BCUT2D eigenvalue weighted by molar-refractivity contribution is 0.299. The molecule has 1 heterocycles. The van der Waals surface area contributed by atoms with Crippen LogP contribution in [0.25, 0.3) is 0 Å². The van der Waals surface area contributed by atoms with Crippen LogP contribution in [0.3, 0.4) is 0 Å². The molecule has 0 saturated heterocycles. The molecule has 0 unspecified atom stereocenters. The van der Waals surface area contributed by atoms with E-state index in [0.717, 1.165) is 28.4 Å². The van der Waals surface area contributed by atoms with E-state index in [1.165, 1.54) is 0 Å². The third-order valence-corrected chi connectivity index (χ3v) is 3.20. The fraction of sp³-hybridized carbons (Fsp3) is 0.353. The fourth-order valence-corrected chi connectivity index (χ4v) is 2.05. The number of benzene rings is 1. The summed E-state index contributed by atoms with van der Waals surface area (Å²) in [6, 6.07) is 9.66. The Hall–Kier alpha value is -1.58. The molecule has 1 N–H and O–H groups in total. The van der Waals surface area contributed by atoms with Crippen LogP contribution in [-0.4, -0.2) is 10.5 Å². The first-order valence-corrected chi connectivity index (χ1v) is 7.37. The van der Waals surface area contributed by atoms with Gasteiger partial charge in [0.1, 0.15) is 12.4 Å². The van der Waals surface area contributed by atoms with Gasteiger partial charge in [-0.05, 0) is 44.5 Å². The first kappa shape index (κ1) is 15.8. The van der Waals surface area contributed by atoms with E-state index in [4.69, 9.17) is 16.3 Å². The van der Waals surface area contributed by atoms with Crippen LogP contribution in [0.1, 0.15) is 31.9 Å². The van der Waals surface area contributed by atoms with E-state index in [2.05, 4.69) is 31.1 Å². The van der Waals surface area contributed by atoms with Gasteiger partial charge in [-0.15, -0.1) is 0 Å². The average molecular weight is 305 g/mol. The Labute approximate surface area is 131 Å². The maximum atomic E-state index is 5.98. The largest absolute Gasteiger partial charge is 0.487 e. The van der Waals surface area contributed by atoms with E-state index in [0.29, 0.717) is 6.61 Å². The van der Waals surface area contributed by atoms with Crippen molar-refractivity contribution in [1.29, 1.82) is 0 Å². The van der Waals surface area contributed by atoms with Gasteiger partial charge in [-0.3, -0.25) is 4.98 Å². The molecule has 4 heteroatoms. The Morgan fingerprint density at radius 1 is 1.24 bits per heavy atom. The van der Waals surface area contributed by atoms with E-state index in [-0.39, 0.29) is 5.54 Å². The second-order valence-electron chi connectivity index (χ2n) is 6.01. The molecule has 1 aromatic heterocycles. The zero-order valence-corrected chi connectivity index (χ0v) is 13.4. The van der Waals surface area contributed by atoms with Crippen LogP contribution in [0.2, 0.25) is 5.02 Å². The molecule has 0 bridgehead atoms. The number of hydrogen-bond acceptors (Lipinski definition) is 3.